The lowest BCUT2D eigenvalue weighted by atomic mass is 9.93. The molecule has 0 fully saturated rings. The van der Waals surface area contributed by atoms with Gasteiger partial charge in [0.1, 0.15) is 6.61 Å². The van der Waals surface area contributed by atoms with Crippen molar-refractivity contribution in [2.75, 3.05) is 42.7 Å². The highest BCUT2D eigenvalue weighted by molar-refractivity contribution is 6.04. The third kappa shape index (κ3) is 2.81. The Morgan fingerprint density at radius 2 is 1.18 bits per heavy atom. The second-order valence-corrected chi connectivity index (χ2v) is 5.82. The minimum absolute atomic E-state index is 0.0212. The molecule has 1 aliphatic heterocycles. The highest BCUT2D eigenvalue weighted by Gasteiger charge is 2.34. The van der Waals surface area contributed by atoms with Gasteiger partial charge in [0.2, 0.25) is 11.5 Å². The van der Waals surface area contributed by atoms with E-state index < -0.39 is 5.97 Å². The summed E-state index contributed by atoms with van der Waals surface area (Å²) in [6.45, 7) is 0.0212. The van der Waals surface area contributed by atoms with Crippen molar-refractivity contribution < 1.29 is 38.0 Å². The van der Waals surface area contributed by atoms with Crippen LogP contribution in [-0.2, 0) is 11.3 Å². The predicted molar refractivity (Wildman–Crippen MR) is 100 cm³/mol. The van der Waals surface area contributed by atoms with E-state index >= 15 is 0 Å². The molecular weight excluding hydrogens is 368 g/mol. The van der Waals surface area contributed by atoms with Crippen LogP contribution in [0.5, 0.6) is 34.5 Å². The van der Waals surface area contributed by atoms with Crippen molar-refractivity contribution in [1.82, 2.24) is 0 Å². The van der Waals surface area contributed by atoms with Crippen molar-refractivity contribution in [3.05, 3.63) is 23.3 Å². The molecule has 0 bridgehead atoms. The van der Waals surface area contributed by atoms with Gasteiger partial charge in [-0.25, -0.2) is 4.79 Å². The minimum atomic E-state index is -0.523. The lowest BCUT2D eigenvalue weighted by molar-refractivity contribution is 0.0478. The third-order valence-corrected chi connectivity index (χ3v) is 4.57. The molecule has 1 heterocycles. The van der Waals surface area contributed by atoms with Crippen molar-refractivity contribution in [2.45, 2.75) is 6.61 Å². The molecule has 8 heteroatoms. The Labute approximate surface area is 162 Å². The summed E-state index contributed by atoms with van der Waals surface area (Å²) in [5, 5.41) is 0. The van der Waals surface area contributed by atoms with E-state index in [-0.39, 0.29) is 12.2 Å². The largest absolute Gasteiger partial charge is 0.493 e. The van der Waals surface area contributed by atoms with Crippen LogP contribution in [0, 0.1) is 0 Å². The molecular formula is C20H22O8. The first-order valence-corrected chi connectivity index (χ1v) is 8.38. The van der Waals surface area contributed by atoms with Gasteiger partial charge in [-0.2, -0.15) is 0 Å². The Hall–Kier alpha value is -3.29. The van der Waals surface area contributed by atoms with Crippen LogP contribution in [-0.4, -0.2) is 48.6 Å². The van der Waals surface area contributed by atoms with Crippen LogP contribution < -0.4 is 28.4 Å². The van der Waals surface area contributed by atoms with E-state index in [1.54, 1.807) is 12.1 Å². The number of benzene rings is 2. The van der Waals surface area contributed by atoms with Crippen molar-refractivity contribution in [3.63, 3.8) is 0 Å². The molecule has 2 aromatic rings. The highest BCUT2D eigenvalue weighted by atomic mass is 16.5. The molecule has 1 aliphatic rings. The number of carbonyl (C=O) groups is 1. The van der Waals surface area contributed by atoms with Gasteiger partial charge in [0.05, 0.1) is 48.2 Å². The normalized spacial score (nSPS) is 12.1. The summed E-state index contributed by atoms with van der Waals surface area (Å²) >= 11 is 0. The van der Waals surface area contributed by atoms with E-state index in [4.69, 9.17) is 33.2 Å². The van der Waals surface area contributed by atoms with Crippen molar-refractivity contribution in [1.29, 1.82) is 0 Å². The lowest BCUT2D eigenvalue weighted by Crippen LogP contribution is -2.06. The number of cyclic esters (lactones) is 1. The Morgan fingerprint density at radius 3 is 1.68 bits per heavy atom. The van der Waals surface area contributed by atoms with E-state index in [0.29, 0.717) is 51.2 Å². The fourth-order valence-corrected chi connectivity index (χ4v) is 3.38. The number of rotatable bonds is 6. The topological polar surface area (TPSA) is 81.7 Å². The molecule has 0 unspecified atom stereocenters. The number of esters is 1. The van der Waals surface area contributed by atoms with Gasteiger partial charge in [-0.15, -0.1) is 0 Å². The predicted octanol–water partition coefficient (Wildman–Crippen LogP) is 3.08. The number of fused-ring (bicyclic) bond motifs is 3. The Bertz CT molecular complexity index is 919. The Morgan fingerprint density at radius 1 is 0.679 bits per heavy atom. The second kappa shape index (κ2) is 7.75. The molecule has 2 aromatic carbocycles. The summed E-state index contributed by atoms with van der Waals surface area (Å²) in [7, 11) is 9.01. The first-order valence-electron chi connectivity index (χ1n) is 8.38. The van der Waals surface area contributed by atoms with E-state index in [2.05, 4.69) is 0 Å². The molecule has 0 spiro atoms. The first kappa shape index (κ1) is 19.5. The van der Waals surface area contributed by atoms with Gasteiger partial charge in [0.15, 0.2) is 23.0 Å². The lowest BCUT2D eigenvalue weighted by Gasteiger charge is -2.22. The maximum atomic E-state index is 12.7. The van der Waals surface area contributed by atoms with E-state index in [1.165, 1.54) is 42.7 Å². The van der Waals surface area contributed by atoms with Gasteiger partial charge in [0.25, 0.3) is 0 Å². The van der Waals surface area contributed by atoms with Crippen molar-refractivity contribution >= 4 is 5.97 Å². The molecule has 0 aliphatic carbocycles. The molecule has 28 heavy (non-hydrogen) atoms. The van der Waals surface area contributed by atoms with Gasteiger partial charge in [-0.1, -0.05) is 0 Å². The molecule has 0 atom stereocenters. The summed E-state index contributed by atoms with van der Waals surface area (Å²) in [5.74, 6) is 1.73. The second-order valence-electron chi connectivity index (χ2n) is 5.82. The summed E-state index contributed by atoms with van der Waals surface area (Å²) in [4.78, 5) is 12.7. The Kier molecular flexibility index (Phi) is 5.39. The summed E-state index contributed by atoms with van der Waals surface area (Å²) in [6.07, 6.45) is 0. The van der Waals surface area contributed by atoms with Gasteiger partial charge in [0, 0.05) is 16.7 Å². The smallest absolute Gasteiger partial charge is 0.339 e. The highest BCUT2D eigenvalue weighted by Crippen LogP contribution is 2.55. The van der Waals surface area contributed by atoms with Crippen molar-refractivity contribution in [3.8, 4) is 45.6 Å². The SMILES string of the molecule is COc1cc2c(c(OC)c1OC)-c1c(cc(OC)c(OC)c1OC)C(=O)OC2. The van der Waals surface area contributed by atoms with Crippen LogP contribution in [0.2, 0.25) is 0 Å². The zero-order valence-corrected chi connectivity index (χ0v) is 16.6. The van der Waals surface area contributed by atoms with Crippen LogP contribution in [0.1, 0.15) is 15.9 Å². The number of hydrogen-bond acceptors (Lipinski definition) is 8. The number of hydrogen-bond donors (Lipinski definition) is 0. The van der Waals surface area contributed by atoms with Crippen LogP contribution in [0.3, 0.4) is 0 Å². The molecule has 8 nitrogen and oxygen atoms in total. The quantitative estimate of drug-likeness (QED) is 0.696. The van der Waals surface area contributed by atoms with Crippen LogP contribution in [0.4, 0.5) is 0 Å². The maximum absolute atomic E-state index is 12.7. The molecule has 0 saturated heterocycles. The van der Waals surface area contributed by atoms with Crippen LogP contribution in [0.25, 0.3) is 11.1 Å². The number of carbonyl (C=O) groups excluding carboxylic acids is 1. The first-order chi connectivity index (χ1) is 13.6. The van der Waals surface area contributed by atoms with Crippen molar-refractivity contribution in [2.24, 2.45) is 0 Å². The zero-order chi connectivity index (χ0) is 20.4. The minimum Gasteiger partial charge on any atom is -0.493 e. The average molecular weight is 390 g/mol. The average Bonchev–Trinajstić information content (AvgIpc) is 2.87. The molecule has 3 rings (SSSR count). The van der Waals surface area contributed by atoms with Gasteiger partial charge in [-0.05, 0) is 12.1 Å². The zero-order valence-electron chi connectivity index (χ0n) is 16.6. The van der Waals surface area contributed by atoms with E-state index in [9.17, 15) is 4.79 Å². The fourth-order valence-electron chi connectivity index (χ4n) is 3.38. The number of methoxy groups -OCH3 is 6. The van der Waals surface area contributed by atoms with Gasteiger partial charge < -0.3 is 33.2 Å². The standard InChI is InChI=1S/C20H22O8/c1-22-12-7-10-9-28-20(21)11-8-13(23-2)17(25-4)19(27-6)15(11)14(10)18(26-5)16(12)24-3/h7-8H,9H2,1-6H3. The maximum Gasteiger partial charge on any atom is 0.339 e. The molecule has 0 radical (unpaired) electrons. The summed E-state index contributed by atoms with van der Waals surface area (Å²) in [5.41, 5.74) is 2.00. The summed E-state index contributed by atoms with van der Waals surface area (Å²) in [6, 6.07) is 3.31. The summed E-state index contributed by atoms with van der Waals surface area (Å²) < 4.78 is 38.5. The fraction of sp³-hybridized carbons (Fsp3) is 0.350. The van der Waals surface area contributed by atoms with Gasteiger partial charge >= 0.3 is 5.97 Å². The molecule has 0 saturated carbocycles. The Balaban J connectivity index is 2.51. The van der Waals surface area contributed by atoms with E-state index in [1.807, 2.05) is 0 Å². The third-order valence-electron chi connectivity index (χ3n) is 4.57. The van der Waals surface area contributed by atoms with Crippen LogP contribution >= 0.6 is 0 Å². The monoisotopic (exact) mass is 390 g/mol. The molecule has 0 amide bonds. The van der Waals surface area contributed by atoms with Gasteiger partial charge in [-0.3, -0.25) is 0 Å². The molecule has 0 N–H and O–H groups in total. The van der Waals surface area contributed by atoms with Crippen LogP contribution in [0.15, 0.2) is 12.1 Å². The number of ether oxygens (including phenoxy) is 7. The van der Waals surface area contributed by atoms with E-state index in [0.717, 1.165) is 0 Å². The molecule has 0 aromatic heterocycles. The molecule has 150 valence electrons.